The number of carbonyl (C=O) groups excluding carboxylic acids is 1. The largest absolute Gasteiger partial charge is 0.353 e. The Bertz CT molecular complexity index is 339. The molecule has 2 N–H and O–H groups in total. The standard InChI is InChI=1S/C16H29N3O/c1-2-3-8-19-9-6-12(7-10-19)18-16(20)14-11-13-4-5-15(14)17-13/h12-15,17H,2-11H2,1H3,(H,18,20). The van der Waals surface area contributed by atoms with E-state index in [4.69, 9.17) is 0 Å². The summed E-state index contributed by atoms with van der Waals surface area (Å²) in [6, 6.07) is 1.50. The summed E-state index contributed by atoms with van der Waals surface area (Å²) >= 11 is 0. The average Bonchev–Trinajstić information content (AvgIpc) is 3.09. The van der Waals surface area contributed by atoms with E-state index in [2.05, 4.69) is 22.5 Å². The number of nitrogens with one attached hydrogen (secondary N) is 2. The summed E-state index contributed by atoms with van der Waals surface area (Å²) in [6.07, 6.45) is 8.35. The lowest BCUT2D eigenvalue weighted by molar-refractivity contribution is -0.126. The lowest BCUT2D eigenvalue weighted by Gasteiger charge is -2.33. The van der Waals surface area contributed by atoms with Crippen molar-refractivity contribution in [3.05, 3.63) is 0 Å². The van der Waals surface area contributed by atoms with Gasteiger partial charge in [0.15, 0.2) is 0 Å². The monoisotopic (exact) mass is 279 g/mol. The molecule has 3 fully saturated rings. The first-order valence-corrected chi connectivity index (χ1v) is 8.55. The number of piperidine rings is 1. The van der Waals surface area contributed by atoms with Gasteiger partial charge in [0.2, 0.25) is 5.91 Å². The zero-order chi connectivity index (χ0) is 13.9. The minimum absolute atomic E-state index is 0.242. The summed E-state index contributed by atoms with van der Waals surface area (Å²) in [5.74, 6) is 0.559. The van der Waals surface area contributed by atoms with Crippen LogP contribution in [-0.2, 0) is 4.79 Å². The number of fused-ring (bicyclic) bond motifs is 2. The summed E-state index contributed by atoms with van der Waals surface area (Å²) in [6.45, 7) is 5.78. The highest BCUT2D eigenvalue weighted by atomic mass is 16.2. The van der Waals surface area contributed by atoms with E-state index in [1.165, 1.54) is 32.2 Å². The molecule has 4 nitrogen and oxygen atoms in total. The van der Waals surface area contributed by atoms with Crippen molar-refractivity contribution < 1.29 is 4.79 Å². The van der Waals surface area contributed by atoms with Crippen molar-refractivity contribution in [2.75, 3.05) is 19.6 Å². The predicted molar refractivity (Wildman–Crippen MR) is 80.6 cm³/mol. The maximum atomic E-state index is 12.4. The molecule has 0 saturated carbocycles. The van der Waals surface area contributed by atoms with Crippen LogP contribution in [0.5, 0.6) is 0 Å². The third-order valence-corrected chi connectivity index (χ3v) is 5.40. The van der Waals surface area contributed by atoms with E-state index in [0.29, 0.717) is 24.0 Å². The number of unbranched alkanes of at least 4 members (excludes halogenated alkanes) is 1. The van der Waals surface area contributed by atoms with Gasteiger partial charge in [-0.25, -0.2) is 0 Å². The topological polar surface area (TPSA) is 44.4 Å². The molecule has 4 heteroatoms. The second-order valence-electron chi connectivity index (χ2n) is 6.87. The Kier molecular flexibility index (Phi) is 4.61. The van der Waals surface area contributed by atoms with Gasteiger partial charge in [-0.15, -0.1) is 0 Å². The first-order valence-electron chi connectivity index (χ1n) is 8.55. The van der Waals surface area contributed by atoms with Crippen LogP contribution in [0, 0.1) is 5.92 Å². The van der Waals surface area contributed by atoms with Gasteiger partial charge >= 0.3 is 0 Å². The molecular weight excluding hydrogens is 250 g/mol. The molecule has 3 atom stereocenters. The number of nitrogens with zero attached hydrogens (tertiary/aromatic N) is 1. The highest BCUT2D eigenvalue weighted by Gasteiger charge is 2.43. The highest BCUT2D eigenvalue weighted by molar-refractivity contribution is 5.80. The second-order valence-corrected chi connectivity index (χ2v) is 6.87. The van der Waals surface area contributed by atoms with Gasteiger partial charge in [-0.05, 0) is 45.1 Å². The molecule has 20 heavy (non-hydrogen) atoms. The molecule has 0 radical (unpaired) electrons. The minimum Gasteiger partial charge on any atom is -0.353 e. The summed E-state index contributed by atoms with van der Waals surface area (Å²) in [4.78, 5) is 14.9. The fraction of sp³-hybridized carbons (Fsp3) is 0.938. The number of amides is 1. The van der Waals surface area contributed by atoms with Crippen molar-refractivity contribution in [1.82, 2.24) is 15.5 Å². The Morgan fingerprint density at radius 1 is 1.25 bits per heavy atom. The Balaban J connectivity index is 1.40. The number of hydrogen-bond acceptors (Lipinski definition) is 3. The third kappa shape index (κ3) is 3.17. The van der Waals surface area contributed by atoms with Crippen LogP contribution in [0.1, 0.15) is 51.9 Å². The van der Waals surface area contributed by atoms with Crippen LogP contribution in [0.15, 0.2) is 0 Å². The quantitative estimate of drug-likeness (QED) is 0.802. The summed E-state index contributed by atoms with van der Waals surface area (Å²) < 4.78 is 0. The van der Waals surface area contributed by atoms with Gasteiger partial charge in [0, 0.05) is 31.2 Å². The van der Waals surface area contributed by atoms with Crippen molar-refractivity contribution in [2.24, 2.45) is 5.92 Å². The van der Waals surface area contributed by atoms with Gasteiger partial charge in [0.25, 0.3) is 0 Å². The Morgan fingerprint density at radius 3 is 2.65 bits per heavy atom. The fourth-order valence-corrected chi connectivity index (χ4v) is 4.10. The van der Waals surface area contributed by atoms with E-state index in [0.717, 1.165) is 32.4 Å². The number of hydrogen-bond donors (Lipinski definition) is 2. The number of carbonyl (C=O) groups is 1. The van der Waals surface area contributed by atoms with Crippen LogP contribution in [0.3, 0.4) is 0 Å². The molecule has 3 rings (SSSR count). The molecule has 2 bridgehead atoms. The summed E-state index contributed by atoms with van der Waals surface area (Å²) in [7, 11) is 0. The molecule has 0 aliphatic carbocycles. The molecule has 3 unspecified atom stereocenters. The Labute approximate surface area is 122 Å². The average molecular weight is 279 g/mol. The van der Waals surface area contributed by atoms with Gasteiger partial charge in [-0.1, -0.05) is 13.3 Å². The molecule has 0 aromatic rings. The molecule has 3 saturated heterocycles. The zero-order valence-corrected chi connectivity index (χ0v) is 12.7. The molecule has 0 aromatic heterocycles. The lowest BCUT2D eigenvalue weighted by atomic mass is 9.88. The van der Waals surface area contributed by atoms with Gasteiger partial charge < -0.3 is 15.5 Å². The first kappa shape index (κ1) is 14.3. The van der Waals surface area contributed by atoms with Crippen molar-refractivity contribution in [3.63, 3.8) is 0 Å². The van der Waals surface area contributed by atoms with Crippen LogP contribution < -0.4 is 10.6 Å². The lowest BCUT2D eigenvalue weighted by Crippen LogP contribution is -2.48. The van der Waals surface area contributed by atoms with Crippen molar-refractivity contribution in [1.29, 1.82) is 0 Å². The maximum Gasteiger partial charge on any atom is 0.224 e. The van der Waals surface area contributed by atoms with E-state index in [-0.39, 0.29) is 5.92 Å². The van der Waals surface area contributed by atoms with Gasteiger partial charge in [0.05, 0.1) is 5.92 Å². The zero-order valence-electron chi connectivity index (χ0n) is 12.7. The third-order valence-electron chi connectivity index (χ3n) is 5.40. The van der Waals surface area contributed by atoms with Crippen molar-refractivity contribution >= 4 is 5.91 Å². The molecular formula is C16H29N3O. The predicted octanol–water partition coefficient (Wildman–Crippen LogP) is 1.51. The van der Waals surface area contributed by atoms with E-state index < -0.39 is 0 Å². The molecule has 3 aliphatic rings. The number of rotatable bonds is 5. The molecule has 3 heterocycles. The number of likely N-dealkylation sites (tertiary alicyclic amines) is 1. The van der Waals surface area contributed by atoms with Crippen LogP contribution in [0.25, 0.3) is 0 Å². The van der Waals surface area contributed by atoms with Crippen LogP contribution in [-0.4, -0.2) is 48.6 Å². The van der Waals surface area contributed by atoms with Crippen molar-refractivity contribution in [2.45, 2.75) is 70.0 Å². The normalized spacial score (nSPS) is 34.5. The second kappa shape index (κ2) is 6.44. The summed E-state index contributed by atoms with van der Waals surface area (Å²) in [5, 5.41) is 6.87. The molecule has 0 spiro atoms. The highest BCUT2D eigenvalue weighted by Crippen LogP contribution is 2.33. The molecule has 0 aromatic carbocycles. The Hall–Kier alpha value is -0.610. The van der Waals surface area contributed by atoms with E-state index >= 15 is 0 Å². The van der Waals surface area contributed by atoms with Gasteiger partial charge in [-0.2, -0.15) is 0 Å². The van der Waals surface area contributed by atoms with E-state index in [1.54, 1.807) is 0 Å². The van der Waals surface area contributed by atoms with Gasteiger partial charge in [-0.3, -0.25) is 4.79 Å². The smallest absolute Gasteiger partial charge is 0.224 e. The van der Waals surface area contributed by atoms with Crippen molar-refractivity contribution in [3.8, 4) is 0 Å². The molecule has 3 aliphatic heterocycles. The molecule has 114 valence electrons. The maximum absolute atomic E-state index is 12.4. The van der Waals surface area contributed by atoms with Crippen LogP contribution >= 0.6 is 0 Å². The van der Waals surface area contributed by atoms with E-state index in [9.17, 15) is 4.79 Å². The first-order chi connectivity index (χ1) is 9.76. The SMILES string of the molecule is CCCCN1CCC(NC(=O)C2CC3CCC2N3)CC1. The van der Waals surface area contributed by atoms with Crippen LogP contribution in [0.4, 0.5) is 0 Å². The Morgan fingerprint density at radius 2 is 2.05 bits per heavy atom. The minimum atomic E-state index is 0.242. The van der Waals surface area contributed by atoms with Crippen LogP contribution in [0.2, 0.25) is 0 Å². The van der Waals surface area contributed by atoms with E-state index in [1.807, 2.05) is 0 Å². The molecule has 1 amide bonds. The fourth-order valence-electron chi connectivity index (χ4n) is 4.10. The summed E-state index contributed by atoms with van der Waals surface area (Å²) in [5.41, 5.74) is 0. The van der Waals surface area contributed by atoms with Gasteiger partial charge in [0.1, 0.15) is 0 Å².